The Balaban J connectivity index is 2.33. The van der Waals surface area contributed by atoms with E-state index in [0.717, 1.165) is 48.2 Å². The fourth-order valence-electron chi connectivity index (χ4n) is 4.08. The Bertz CT molecular complexity index is 706. The third-order valence-electron chi connectivity index (χ3n) is 5.41. The van der Waals surface area contributed by atoms with Crippen molar-refractivity contribution in [3.8, 4) is 11.5 Å². The van der Waals surface area contributed by atoms with Gasteiger partial charge in [0.1, 0.15) is 11.5 Å². The lowest BCUT2D eigenvalue weighted by atomic mass is 9.78. The second-order valence-corrected chi connectivity index (χ2v) is 8.28. The summed E-state index contributed by atoms with van der Waals surface area (Å²) in [5.41, 5.74) is 4.21. The number of phenols is 2. The molecule has 0 heterocycles. The molecule has 154 valence electrons. The van der Waals surface area contributed by atoms with E-state index in [0.29, 0.717) is 23.3 Å². The Morgan fingerprint density at radius 2 is 1.04 bits per heavy atom. The second kappa shape index (κ2) is 9.94. The van der Waals surface area contributed by atoms with Crippen LogP contribution in [-0.2, 0) is 13.1 Å². The van der Waals surface area contributed by atoms with Crippen molar-refractivity contribution in [2.24, 2.45) is 0 Å². The molecular formula is C24H36N2O2. The van der Waals surface area contributed by atoms with E-state index in [1.165, 1.54) is 0 Å². The Morgan fingerprint density at radius 3 is 1.29 bits per heavy atom. The molecule has 0 aromatic heterocycles. The van der Waals surface area contributed by atoms with E-state index in [1.807, 2.05) is 52.5 Å². The van der Waals surface area contributed by atoms with E-state index in [1.54, 1.807) is 0 Å². The molecule has 2 N–H and O–H groups in total. The monoisotopic (exact) mass is 384 g/mol. The number of rotatable bonds is 9. The van der Waals surface area contributed by atoms with Crippen LogP contribution in [0.4, 0.5) is 0 Å². The Labute approximate surface area is 170 Å². The average Bonchev–Trinajstić information content (AvgIpc) is 2.62. The minimum Gasteiger partial charge on any atom is -0.508 e. The summed E-state index contributed by atoms with van der Waals surface area (Å²) >= 11 is 0. The van der Waals surface area contributed by atoms with Gasteiger partial charge in [0, 0.05) is 24.2 Å². The first-order valence-electron chi connectivity index (χ1n) is 10.2. The van der Waals surface area contributed by atoms with Crippen molar-refractivity contribution in [2.45, 2.75) is 51.6 Å². The SMILES string of the molecule is CCC(c1ccc(CN(C)C)c(O)c1)C(CC)c1ccc(CN(C)C)c(O)c1. The molecule has 0 aliphatic rings. The molecule has 0 saturated carbocycles. The fourth-order valence-corrected chi connectivity index (χ4v) is 4.08. The first-order valence-corrected chi connectivity index (χ1v) is 10.2. The van der Waals surface area contributed by atoms with Crippen LogP contribution in [0.25, 0.3) is 0 Å². The maximum Gasteiger partial charge on any atom is 0.120 e. The maximum absolute atomic E-state index is 10.5. The first kappa shape index (κ1) is 22.3. The van der Waals surface area contributed by atoms with Gasteiger partial charge in [-0.2, -0.15) is 0 Å². The van der Waals surface area contributed by atoms with E-state index >= 15 is 0 Å². The molecule has 4 nitrogen and oxygen atoms in total. The summed E-state index contributed by atoms with van der Waals surface area (Å²) in [6, 6.07) is 12.2. The van der Waals surface area contributed by atoms with Gasteiger partial charge in [0.05, 0.1) is 0 Å². The lowest BCUT2D eigenvalue weighted by molar-refractivity contribution is 0.384. The van der Waals surface area contributed by atoms with Crippen molar-refractivity contribution in [1.82, 2.24) is 9.80 Å². The summed E-state index contributed by atoms with van der Waals surface area (Å²) in [4.78, 5) is 4.11. The number of phenolic OH excluding ortho intramolecular Hbond substituents is 2. The van der Waals surface area contributed by atoms with Gasteiger partial charge >= 0.3 is 0 Å². The molecule has 0 amide bonds. The number of nitrogens with zero attached hydrogens (tertiary/aromatic N) is 2. The van der Waals surface area contributed by atoms with E-state index < -0.39 is 0 Å². The predicted octanol–water partition coefficient (Wildman–Crippen LogP) is 4.91. The molecule has 0 saturated heterocycles. The minimum atomic E-state index is 0.295. The molecule has 0 aliphatic heterocycles. The lowest BCUT2D eigenvalue weighted by Gasteiger charge is -2.27. The van der Waals surface area contributed by atoms with Gasteiger partial charge in [0.25, 0.3) is 0 Å². The highest BCUT2D eigenvalue weighted by molar-refractivity contribution is 5.42. The molecule has 2 atom stereocenters. The lowest BCUT2D eigenvalue weighted by Crippen LogP contribution is -2.13. The van der Waals surface area contributed by atoms with Crippen LogP contribution in [0.1, 0.15) is 60.8 Å². The highest BCUT2D eigenvalue weighted by Gasteiger charge is 2.23. The number of hydrogen-bond acceptors (Lipinski definition) is 4. The van der Waals surface area contributed by atoms with Gasteiger partial charge in [0.15, 0.2) is 0 Å². The van der Waals surface area contributed by atoms with Crippen LogP contribution >= 0.6 is 0 Å². The van der Waals surface area contributed by atoms with Crippen molar-refractivity contribution in [3.05, 3.63) is 58.7 Å². The first-order chi connectivity index (χ1) is 13.3. The Hall–Kier alpha value is -2.04. The van der Waals surface area contributed by atoms with E-state index in [-0.39, 0.29) is 0 Å². The van der Waals surface area contributed by atoms with Crippen LogP contribution in [-0.4, -0.2) is 48.2 Å². The Morgan fingerprint density at radius 1 is 0.679 bits per heavy atom. The number of aromatic hydroxyl groups is 2. The van der Waals surface area contributed by atoms with Crippen LogP contribution in [0.5, 0.6) is 11.5 Å². The largest absolute Gasteiger partial charge is 0.508 e. The van der Waals surface area contributed by atoms with Gasteiger partial charge in [-0.3, -0.25) is 0 Å². The zero-order chi connectivity index (χ0) is 20.8. The van der Waals surface area contributed by atoms with E-state index in [4.69, 9.17) is 0 Å². The second-order valence-electron chi connectivity index (χ2n) is 8.28. The molecule has 0 fully saturated rings. The maximum atomic E-state index is 10.5. The van der Waals surface area contributed by atoms with Crippen LogP contribution in [0, 0.1) is 0 Å². The smallest absolute Gasteiger partial charge is 0.120 e. The molecule has 0 aliphatic carbocycles. The summed E-state index contributed by atoms with van der Waals surface area (Å²) in [7, 11) is 8.01. The molecule has 2 unspecified atom stereocenters. The molecule has 0 bridgehead atoms. The summed E-state index contributed by atoms with van der Waals surface area (Å²) in [6.07, 6.45) is 1.95. The zero-order valence-electron chi connectivity index (χ0n) is 18.2. The van der Waals surface area contributed by atoms with Crippen LogP contribution in [0.3, 0.4) is 0 Å². The fraction of sp³-hybridized carbons (Fsp3) is 0.500. The van der Waals surface area contributed by atoms with E-state index in [9.17, 15) is 10.2 Å². The van der Waals surface area contributed by atoms with Crippen molar-refractivity contribution < 1.29 is 10.2 Å². The third-order valence-corrected chi connectivity index (χ3v) is 5.41. The average molecular weight is 385 g/mol. The normalized spacial score (nSPS) is 13.9. The molecular weight excluding hydrogens is 348 g/mol. The van der Waals surface area contributed by atoms with Crippen molar-refractivity contribution in [2.75, 3.05) is 28.2 Å². The quantitative estimate of drug-likeness (QED) is 0.645. The van der Waals surface area contributed by atoms with Crippen molar-refractivity contribution in [3.63, 3.8) is 0 Å². The molecule has 28 heavy (non-hydrogen) atoms. The predicted molar refractivity (Wildman–Crippen MR) is 117 cm³/mol. The molecule has 2 aromatic rings. The molecule has 0 radical (unpaired) electrons. The summed E-state index contributed by atoms with van der Waals surface area (Å²) in [5.74, 6) is 1.32. The molecule has 4 heteroatoms. The molecule has 2 rings (SSSR count). The molecule has 0 spiro atoms. The summed E-state index contributed by atoms with van der Waals surface area (Å²) in [5, 5.41) is 21.0. The summed E-state index contributed by atoms with van der Waals surface area (Å²) < 4.78 is 0. The van der Waals surface area contributed by atoms with Gasteiger partial charge in [-0.15, -0.1) is 0 Å². The van der Waals surface area contributed by atoms with Gasteiger partial charge < -0.3 is 20.0 Å². The minimum absolute atomic E-state index is 0.295. The van der Waals surface area contributed by atoms with Gasteiger partial charge in [-0.1, -0.05) is 38.1 Å². The third kappa shape index (κ3) is 5.49. The summed E-state index contributed by atoms with van der Waals surface area (Å²) in [6.45, 7) is 5.83. The van der Waals surface area contributed by atoms with Crippen LogP contribution in [0.15, 0.2) is 36.4 Å². The zero-order valence-corrected chi connectivity index (χ0v) is 18.2. The van der Waals surface area contributed by atoms with Crippen LogP contribution < -0.4 is 0 Å². The van der Waals surface area contributed by atoms with Gasteiger partial charge in [-0.05, 0) is 76.1 Å². The number of benzene rings is 2. The van der Waals surface area contributed by atoms with Crippen LogP contribution in [0.2, 0.25) is 0 Å². The topological polar surface area (TPSA) is 46.9 Å². The Kier molecular flexibility index (Phi) is 7.90. The van der Waals surface area contributed by atoms with Gasteiger partial charge in [0.2, 0.25) is 0 Å². The number of hydrogen-bond donors (Lipinski definition) is 2. The van der Waals surface area contributed by atoms with Crippen molar-refractivity contribution in [1.29, 1.82) is 0 Å². The van der Waals surface area contributed by atoms with Gasteiger partial charge in [-0.25, -0.2) is 0 Å². The standard InChI is InChI=1S/C24H36N2O2/c1-7-21(17-9-11-19(15-25(3)4)23(27)13-17)22(8-2)18-10-12-20(16-26(5)6)24(28)14-18/h9-14,21-22,27-28H,7-8,15-16H2,1-6H3. The molecule has 2 aromatic carbocycles. The van der Waals surface area contributed by atoms with E-state index in [2.05, 4.69) is 35.8 Å². The highest BCUT2D eigenvalue weighted by atomic mass is 16.3. The highest BCUT2D eigenvalue weighted by Crippen LogP contribution is 2.40. The van der Waals surface area contributed by atoms with Crippen molar-refractivity contribution >= 4 is 0 Å².